The van der Waals surface area contributed by atoms with Gasteiger partial charge < -0.3 is 20.1 Å². The van der Waals surface area contributed by atoms with Gasteiger partial charge in [-0.1, -0.05) is 25.5 Å². The predicted molar refractivity (Wildman–Crippen MR) is 118 cm³/mol. The maximum Gasteiger partial charge on any atom is 0.251 e. The second kappa shape index (κ2) is 10.7. The van der Waals surface area contributed by atoms with Crippen LogP contribution in [0, 0.1) is 0 Å². The van der Waals surface area contributed by atoms with Crippen LogP contribution in [0.4, 0.5) is 5.82 Å². The highest BCUT2D eigenvalue weighted by molar-refractivity contribution is 7.13. The zero-order chi connectivity index (χ0) is 20.5. The molecule has 0 saturated carbocycles. The van der Waals surface area contributed by atoms with Gasteiger partial charge in [-0.25, -0.2) is 0 Å². The summed E-state index contributed by atoms with van der Waals surface area (Å²) in [5, 5.41) is 7.44. The van der Waals surface area contributed by atoms with Gasteiger partial charge in [-0.2, -0.15) is 4.37 Å². The Morgan fingerprint density at radius 2 is 1.97 bits per heavy atom. The van der Waals surface area contributed by atoms with Gasteiger partial charge in [0.1, 0.15) is 5.82 Å². The molecule has 6 nitrogen and oxygen atoms in total. The minimum absolute atomic E-state index is 0.118. The van der Waals surface area contributed by atoms with E-state index in [9.17, 15) is 4.79 Å². The van der Waals surface area contributed by atoms with Crippen LogP contribution in [0.15, 0.2) is 42.5 Å². The van der Waals surface area contributed by atoms with Gasteiger partial charge in [0.15, 0.2) is 11.5 Å². The molecule has 0 unspecified atom stereocenters. The van der Waals surface area contributed by atoms with Gasteiger partial charge in [0, 0.05) is 24.0 Å². The largest absolute Gasteiger partial charge is 0.493 e. The highest BCUT2D eigenvalue weighted by Gasteiger charge is 2.11. The molecular formula is C22H27N3O3S. The number of anilines is 1. The van der Waals surface area contributed by atoms with E-state index in [0.717, 1.165) is 37.0 Å². The molecule has 0 aliphatic heterocycles. The molecule has 0 aliphatic carbocycles. The van der Waals surface area contributed by atoms with Crippen LogP contribution in [-0.2, 0) is 0 Å². The number of fused-ring (bicyclic) bond motifs is 1. The number of methoxy groups -OCH3 is 1. The van der Waals surface area contributed by atoms with Crippen LogP contribution in [0.5, 0.6) is 11.5 Å². The maximum atomic E-state index is 12.5. The molecule has 0 spiro atoms. The molecule has 1 amide bonds. The van der Waals surface area contributed by atoms with E-state index in [2.05, 4.69) is 34.1 Å². The average molecular weight is 414 g/mol. The lowest BCUT2D eigenvalue weighted by Crippen LogP contribution is -2.25. The number of carbonyl (C=O) groups is 1. The van der Waals surface area contributed by atoms with Crippen molar-refractivity contribution in [2.75, 3.05) is 32.1 Å². The molecule has 7 heteroatoms. The molecular weight excluding hydrogens is 386 g/mol. The van der Waals surface area contributed by atoms with Crippen LogP contribution >= 0.6 is 11.5 Å². The van der Waals surface area contributed by atoms with Gasteiger partial charge in [0.05, 0.1) is 18.4 Å². The van der Waals surface area contributed by atoms with Gasteiger partial charge in [-0.05, 0) is 54.7 Å². The zero-order valence-corrected chi connectivity index (χ0v) is 17.7. The fourth-order valence-corrected chi connectivity index (χ4v) is 3.62. The second-order valence-electron chi connectivity index (χ2n) is 6.63. The third-order valence-electron chi connectivity index (χ3n) is 4.49. The molecule has 1 aromatic heterocycles. The first kappa shape index (κ1) is 20.9. The van der Waals surface area contributed by atoms with E-state index < -0.39 is 0 Å². The van der Waals surface area contributed by atoms with Gasteiger partial charge >= 0.3 is 0 Å². The number of hydrogen-bond donors (Lipinski definition) is 2. The molecule has 29 heavy (non-hydrogen) atoms. The summed E-state index contributed by atoms with van der Waals surface area (Å²) in [5.74, 6) is 2.02. The van der Waals surface area contributed by atoms with Crippen LogP contribution < -0.4 is 20.1 Å². The van der Waals surface area contributed by atoms with Crippen LogP contribution in [0.2, 0.25) is 0 Å². The lowest BCUT2D eigenvalue weighted by molar-refractivity contribution is 0.0953. The number of nitrogens with zero attached hydrogens (tertiary/aromatic N) is 1. The van der Waals surface area contributed by atoms with Crippen molar-refractivity contribution in [1.29, 1.82) is 0 Å². The number of aromatic nitrogens is 1. The summed E-state index contributed by atoms with van der Waals surface area (Å²) in [6.45, 7) is 4.03. The van der Waals surface area contributed by atoms with Crippen LogP contribution in [0.1, 0.15) is 36.5 Å². The second-order valence-corrected chi connectivity index (χ2v) is 7.44. The van der Waals surface area contributed by atoms with E-state index in [1.807, 2.05) is 12.1 Å². The van der Waals surface area contributed by atoms with Crippen molar-refractivity contribution >= 4 is 33.3 Å². The first-order chi connectivity index (χ1) is 14.2. The van der Waals surface area contributed by atoms with E-state index in [1.54, 1.807) is 25.3 Å². The van der Waals surface area contributed by atoms with E-state index in [0.29, 0.717) is 30.2 Å². The van der Waals surface area contributed by atoms with Crippen molar-refractivity contribution in [1.82, 2.24) is 9.69 Å². The Kier molecular flexibility index (Phi) is 7.69. The standard InChI is InChI=1S/C22H27N3O3S/c1-3-4-14-28-19-15-16(10-11-18(19)27-2)22(26)24-13-7-12-23-21-17-8-5-6-9-20(17)29-25-21/h5-6,8-11,15H,3-4,7,12-14H2,1-2H3,(H,23,25)(H,24,26). The number of benzene rings is 2. The molecule has 2 aromatic carbocycles. The van der Waals surface area contributed by atoms with Crippen molar-refractivity contribution in [3.05, 3.63) is 48.0 Å². The molecule has 3 rings (SSSR count). The van der Waals surface area contributed by atoms with E-state index in [4.69, 9.17) is 9.47 Å². The lowest BCUT2D eigenvalue weighted by Gasteiger charge is -2.12. The Bertz CT molecular complexity index is 942. The van der Waals surface area contributed by atoms with Gasteiger partial charge in [-0.3, -0.25) is 4.79 Å². The van der Waals surface area contributed by atoms with Crippen molar-refractivity contribution in [3.63, 3.8) is 0 Å². The number of hydrogen-bond acceptors (Lipinski definition) is 6. The zero-order valence-electron chi connectivity index (χ0n) is 16.9. The minimum atomic E-state index is -0.118. The molecule has 0 aliphatic rings. The first-order valence-corrected chi connectivity index (χ1v) is 10.7. The highest BCUT2D eigenvalue weighted by Crippen LogP contribution is 2.28. The number of amides is 1. The van der Waals surface area contributed by atoms with E-state index in [1.165, 1.54) is 16.2 Å². The highest BCUT2D eigenvalue weighted by atomic mass is 32.1. The number of nitrogens with one attached hydrogen (secondary N) is 2. The fourth-order valence-electron chi connectivity index (χ4n) is 2.87. The summed E-state index contributed by atoms with van der Waals surface area (Å²) in [5.41, 5.74) is 0.566. The molecule has 0 fully saturated rings. The Hall–Kier alpha value is -2.80. The molecule has 3 aromatic rings. The smallest absolute Gasteiger partial charge is 0.251 e. The fraction of sp³-hybridized carbons (Fsp3) is 0.364. The third-order valence-corrected chi connectivity index (χ3v) is 5.32. The van der Waals surface area contributed by atoms with Crippen molar-refractivity contribution in [2.24, 2.45) is 0 Å². The minimum Gasteiger partial charge on any atom is -0.493 e. The Labute approximate surface area is 175 Å². The predicted octanol–water partition coefficient (Wildman–Crippen LogP) is 4.72. The number of ether oxygens (including phenoxy) is 2. The molecule has 0 bridgehead atoms. The topological polar surface area (TPSA) is 72.5 Å². The Balaban J connectivity index is 1.47. The Morgan fingerprint density at radius 3 is 2.79 bits per heavy atom. The summed E-state index contributed by atoms with van der Waals surface area (Å²) in [6, 6.07) is 13.4. The normalized spacial score (nSPS) is 10.7. The number of rotatable bonds is 11. The quantitative estimate of drug-likeness (QED) is 0.445. The monoisotopic (exact) mass is 413 g/mol. The first-order valence-electron chi connectivity index (χ1n) is 9.90. The van der Waals surface area contributed by atoms with Gasteiger partial charge in [0.25, 0.3) is 5.91 Å². The SMILES string of the molecule is CCCCOc1cc(C(=O)NCCCNc2nsc3ccccc23)ccc1OC. The molecule has 0 atom stereocenters. The van der Waals surface area contributed by atoms with Crippen molar-refractivity contribution < 1.29 is 14.3 Å². The maximum absolute atomic E-state index is 12.5. The van der Waals surface area contributed by atoms with Crippen LogP contribution in [-0.4, -0.2) is 37.1 Å². The molecule has 0 saturated heterocycles. The third kappa shape index (κ3) is 5.60. The van der Waals surface area contributed by atoms with Crippen molar-refractivity contribution in [2.45, 2.75) is 26.2 Å². The number of carbonyl (C=O) groups excluding carboxylic acids is 1. The Morgan fingerprint density at radius 1 is 1.10 bits per heavy atom. The molecule has 2 N–H and O–H groups in total. The molecule has 1 heterocycles. The summed E-state index contributed by atoms with van der Waals surface area (Å²) in [6.07, 6.45) is 2.81. The van der Waals surface area contributed by atoms with Gasteiger partial charge in [0.2, 0.25) is 0 Å². The van der Waals surface area contributed by atoms with Crippen molar-refractivity contribution in [3.8, 4) is 11.5 Å². The summed E-state index contributed by atoms with van der Waals surface area (Å²) >= 11 is 1.49. The summed E-state index contributed by atoms with van der Waals surface area (Å²) in [4.78, 5) is 12.5. The average Bonchev–Trinajstić information content (AvgIpc) is 3.16. The van der Waals surface area contributed by atoms with Crippen LogP contribution in [0.25, 0.3) is 10.1 Å². The van der Waals surface area contributed by atoms with E-state index in [-0.39, 0.29) is 5.91 Å². The van der Waals surface area contributed by atoms with Gasteiger partial charge in [-0.15, -0.1) is 0 Å². The number of unbranched alkanes of at least 4 members (excludes halogenated alkanes) is 1. The molecule has 154 valence electrons. The van der Waals surface area contributed by atoms with E-state index >= 15 is 0 Å². The lowest BCUT2D eigenvalue weighted by atomic mass is 10.2. The summed E-state index contributed by atoms with van der Waals surface area (Å²) < 4.78 is 16.7. The molecule has 0 radical (unpaired) electrons. The summed E-state index contributed by atoms with van der Waals surface area (Å²) in [7, 11) is 1.60. The van der Waals surface area contributed by atoms with Crippen LogP contribution in [0.3, 0.4) is 0 Å².